The molecule has 1 heterocycles. The molecule has 2 rings (SSSR count). The SMILES string of the molecule is Cc1cc(C)c(C(=N)N)c(N(C)C2CCC2)n1. The van der Waals surface area contributed by atoms with Crippen molar-refractivity contribution in [3.8, 4) is 0 Å². The molecule has 1 saturated carbocycles. The minimum atomic E-state index is 0.108. The zero-order valence-corrected chi connectivity index (χ0v) is 10.7. The van der Waals surface area contributed by atoms with Gasteiger partial charge in [0.15, 0.2) is 0 Å². The lowest BCUT2D eigenvalue weighted by molar-refractivity contribution is 0.399. The van der Waals surface area contributed by atoms with E-state index in [1.54, 1.807) is 0 Å². The highest BCUT2D eigenvalue weighted by atomic mass is 15.2. The maximum Gasteiger partial charge on any atom is 0.140 e. The van der Waals surface area contributed by atoms with Crippen LogP contribution in [0.15, 0.2) is 6.07 Å². The van der Waals surface area contributed by atoms with Crippen LogP contribution in [0.5, 0.6) is 0 Å². The molecule has 1 aromatic rings. The van der Waals surface area contributed by atoms with Gasteiger partial charge in [-0.05, 0) is 44.7 Å². The first kappa shape index (κ1) is 11.9. The largest absolute Gasteiger partial charge is 0.384 e. The summed E-state index contributed by atoms with van der Waals surface area (Å²) in [5.74, 6) is 0.968. The Hall–Kier alpha value is -1.58. The number of anilines is 1. The average molecular weight is 232 g/mol. The molecule has 0 aliphatic heterocycles. The molecule has 3 N–H and O–H groups in total. The first-order chi connectivity index (χ1) is 8.00. The highest BCUT2D eigenvalue weighted by Gasteiger charge is 2.26. The van der Waals surface area contributed by atoms with E-state index in [1.165, 1.54) is 19.3 Å². The molecular weight excluding hydrogens is 212 g/mol. The molecular formula is C13H20N4. The first-order valence-corrected chi connectivity index (χ1v) is 6.06. The van der Waals surface area contributed by atoms with E-state index in [0.29, 0.717) is 6.04 Å². The van der Waals surface area contributed by atoms with Crippen molar-refractivity contribution < 1.29 is 0 Å². The Labute approximate surface area is 102 Å². The van der Waals surface area contributed by atoms with Crippen molar-refractivity contribution >= 4 is 11.7 Å². The number of aromatic nitrogens is 1. The predicted molar refractivity (Wildman–Crippen MR) is 70.8 cm³/mol. The molecule has 1 aromatic heterocycles. The molecule has 92 valence electrons. The highest BCUT2D eigenvalue weighted by Crippen LogP contribution is 2.30. The second kappa shape index (κ2) is 4.35. The van der Waals surface area contributed by atoms with Gasteiger partial charge in [0.05, 0.1) is 5.56 Å². The first-order valence-electron chi connectivity index (χ1n) is 6.06. The molecule has 1 aliphatic rings. The molecule has 17 heavy (non-hydrogen) atoms. The van der Waals surface area contributed by atoms with Crippen LogP contribution < -0.4 is 10.6 Å². The Morgan fingerprint density at radius 1 is 1.47 bits per heavy atom. The molecule has 0 bridgehead atoms. The molecule has 0 unspecified atom stereocenters. The average Bonchev–Trinajstić information content (AvgIpc) is 2.12. The Balaban J connectivity index is 2.46. The number of aryl methyl sites for hydroxylation is 2. The Bertz CT molecular complexity index is 449. The number of rotatable bonds is 3. The predicted octanol–water partition coefficient (Wildman–Crippen LogP) is 1.97. The monoisotopic (exact) mass is 232 g/mol. The summed E-state index contributed by atoms with van der Waals surface area (Å²) < 4.78 is 0. The number of amidine groups is 1. The lowest BCUT2D eigenvalue weighted by Gasteiger charge is -2.36. The Morgan fingerprint density at radius 3 is 2.59 bits per heavy atom. The van der Waals surface area contributed by atoms with Gasteiger partial charge in [-0.3, -0.25) is 5.41 Å². The molecule has 1 aliphatic carbocycles. The summed E-state index contributed by atoms with van der Waals surface area (Å²) in [7, 11) is 2.05. The fourth-order valence-electron chi connectivity index (χ4n) is 2.35. The van der Waals surface area contributed by atoms with Crippen LogP contribution in [0, 0.1) is 19.3 Å². The van der Waals surface area contributed by atoms with E-state index in [1.807, 2.05) is 19.9 Å². The summed E-state index contributed by atoms with van der Waals surface area (Å²) in [4.78, 5) is 6.74. The van der Waals surface area contributed by atoms with Gasteiger partial charge in [-0.1, -0.05) is 0 Å². The summed E-state index contributed by atoms with van der Waals surface area (Å²) in [5, 5.41) is 7.71. The maximum absolute atomic E-state index is 7.71. The molecule has 0 atom stereocenters. The highest BCUT2D eigenvalue weighted by molar-refractivity contribution is 6.01. The number of nitrogens with one attached hydrogen (secondary N) is 1. The second-order valence-corrected chi connectivity index (χ2v) is 4.89. The van der Waals surface area contributed by atoms with Gasteiger partial charge < -0.3 is 10.6 Å². The standard InChI is InChI=1S/C13H20N4/c1-8-7-9(2)16-13(11(8)12(14)15)17(3)10-5-4-6-10/h7,10H,4-6H2,1-3H3,(H3,14,15). The van der Waals surface area contributed by atoms with Crippen LogP contribution in [-0.4, -0.2) is 23.9 Å². The van der Waals surface area contributed by atoms with Crippen molar-refractivity contribution in [2.75, 3.05) is 11.9 Å². The number of nitrogen functional groups attached to an aromatic ring is 1. The van der Waals surface area contributed by atoms with E-state index in [2.05, 4.69) is 16.9 Å². The van der Waals surface area contributed by atoms with Crippen molar-refractivity contribution in [1.29, 1.82) is 5.41 Å². The van der Waals surface area contributed by atoms with Gasteiger partial charge in [-0.2, -0.15) is 0 Å². The molecule has 4 heteroatoms. The van der Waals surface area contributed by atoms with Gasteiger partial charge in [0.2, 0.25) is 0 Å². The molecule has 0 saturated heterocycles. The van der Waals surface area contributed by atoms with Gasteiger partial charge in [0, 0.05) is 18.8 Å². The summed E-state index contributed by atoms with van der Waals surface area (Å²) in [6, 6.07) is 2.54. The molecule has 0 radical (unpaired) electrons. The number of hydrogen-bond acceptors (Lipinski definition) is 3. The fraction of sp³-hybridized carbons (Fsp3) is 0.538. The van der Waals surface area contributed by atoms with E-state index in [0.717, 1.165) is 22.6 Å². The van der Waals surface area contributed by atoms with E-state index in [-0.39, 0.29) is 5.84 Å². The van der Waals surface area contributed by atoms with Gasteiger partial charge in [0.1, 0.15) is 11.7 Å². The number of hydrogen-bond donors (Lipinski definition) is 2. The van der Waals surface area contributed by atoms with Crippen molar-refractivity contribution in [3.63, 3.8) is 0 Å². The van der Waals surface area contributed by atoms with E-state index >= 15 is 0 Å². The van der Waals surface area contributed by atoms with E-state index < -0.39 is 0 Å². The number of pyridine rings is 1. The maximum atomic E-state index is 7.71. The lowest BCUT2D eigenvalue weighted by Crippen LogP contribution is -2.39. The second-order valence-electron chi connectivity index (χ2n) is 4.89. The van der Waals surface area contributed by atoms with Crippen LogP contribution >= 0.6 is 0 Å². The van der Waals surface area contributed by atoms with E-state index in [9.17, 15) is 0 Å². The third-order valence-electron chi connectivity index (χ3n) is 3.55. The van der Waals surface area contributed by atoms with E-state index in [4.69, 9.17) is 11.1 Å². The van der Waals surface area contributed by atoms with Crippen molar-refractivity contribution in [2.24, 2.45) is 5.73 Å². The smallest absolute Gasteiger partial charge is 0.140 e. The van der Waals surface area contributed by atoms with Crippen LogP contribution in [0.2, 0.25) is 0 Å². The third-order valence-corrected chi connectivity index (χ3v) is 3.55. The fourth-order valence-corrected chi connectivity index (χ4v) is 2.35. The van der Waals surface area contributed by atoms with Gasteiger partial charge in [-0.15, -0.1) is 0 Å². The topological polar surface area (TPSA) is 66.0 Å². The van der Waals surface area contributed by atoms with Crippen molar-refractivity contribution in [2.45, 2.75) is 39.2 Å². The molecule has 0 aromatic carbocycles. The number of nitrogens with zero attached hydrogens (tertiary/aromatic N) is 2. The van der Waals surface area contributed by atoms with Crippen LogP contribution in [0.25, 0.3) is 0 Å². The van der Waals surface area contributed by atoms with Crippen LogP contribution in [0.3, 0.4) is 0 Å². The summed E-state index contributed by atoms with van der Waals surface area (Å²) in [6.45, 7) is 3.97. The van der Waals surface area contributed by atoms with Crippen LogP contribution in [0.1, 0.15) is 36.1 Å². The molecule has 4 nitrogen and oxygen atoms in total. The zero-order chi connectivity index (χ0) is 12.6. The third kappa shape index (κ3) is 2.12. The minimum Gasteiger partial charge on any atom is -0.384 e. The summed E-state index contributed by atoms with van der Waals surface area (Å²) in [5.41, 5.74) is 8.48. The Kier molecular flexibility index (Phi) is 3.05. The molecule has 1 fully saturated rings. The van der Waals surface area contributed by atoms with Crippen molar-refractivity contribution in [1.82, 2.24) is 4.98 Å². The van der Waals surface area contributed by atoms with Gasteiger partial charge in [-0.25, -0.2) is 4.98 Å². The molecule has 0 spiro atoms. The zero-order valence-electron chi connectivity index (χ0n) is 10.7. The summed E-state index contributed by atoms with van der Waals surface area (Å²) in [6.07, 6.45) is 3.71. The van der Waals surface area contributed by atoms with Crippen molar-refractivity contribution in [3.05, 3.63) is 22.9 Å². The normalized spacial score (nSPS) is 15.5. The minimum absolute atomic E-state index is 0.108. The quantitative estimate of drug-likeness (QED) is 0.618. The summed E-state index contributed by atoms with van der Waals surface area (Å²) >= 11 is 0. The van der Waals surface area contributed by atoms with Gasteiger partial charge >= 0.3 is 0 Å². The Morgan fingerprint density at radius 2 is 2.12 bits per heavy atom. The van der Waals surface area contributed by atoms with Crippen LogP contribution in [0.4, 0.5) is 5.82 Å². The molecule has 0 amide bonds. The van der Waals surface area contributed by atoms with Gasteiger partial charge in [0.25, 0.3) is 0 Å². The number of nitrogens with two attached hydrogens (primary N) is 1. The van der Waals surface area contributed by atoms with Crippen LogP contribution in [-0.2, 0) is 0 Å². The lowest BCUT2D eigenvalue weighted by atomic mass is 9.91.